The number of hydrogen-bond acceptors (Lipinski definition) is 8. The number of hydrogen-bond donors (Lipinski definition) is 2. The normalized spacial score (nSPS) is 16.4. The fraction of sp³-hybridized carbons (Fsp3) is 0.458. The Labute approximate surface area is 214 Å². The van der Waals surface area contributed by atoms with Crippen LogP contribution in [0.2, 0.25) is 0 Å². The van der Waals surface area contributed by atoms with E-state index in [1.807, 2.05) is 0 Å². The average molecular weight is 535 g/mol. The highest BCUT2D eigenvalue weighted by atomic mass is 32.2. The fourth-order valence-corrected chi connectivity index (χ4v) is 7.33. The van der Waals surface area contributed by atoms with Gasteiger partial charge in [0.15, 0.2) is 0 Å². The van der Waals surface area contributed by atoms with Crippen LogP contribution in [0.15, 0.2) is 29.2 Å². The molecule has 36 heavy (non-hydrogen) atoms. The van der Waals surface area contributed by atoms with E-state index in [9.17, 15) is 22.8 Å². The molecular weight excluding hydrogens is 504 g/mol. The molecule has 2 N–H and O–H groups in total. The van der Waals surface area contributed by atoms with Gasteiger partial charge in [-0.15, -0.1) is 11.3 Å². The molecule has 10 nitrogen and oxygen atoms in total. The second kappa shape index (κ2) is 11.1. The van der Waals surface area contributed by atoms with Crippen LogP contribution in [0.5, 0.6) is 0 Å². The van der Waals surface area contributed by atoms with Crippen molar-refractivity contribution in [1.82, 2.24) is 14.5 Å². The second-order valence-corrected chi connectivity index (χ2v) is 11.8. The van der Waals surface area contributed by atoms with Crippen molar-refractivity contribution in [3.8, 4) is 0 Å². The van der Waals surface area contributed by atoms with E-state index in [1.54, 1.807) is 0 Å². The van der Waals surface area contributed by atoms with E-state index in [0.717, 1.165) is 42.8 Å². The predicted octanol–water partition coefficient (Wildman–Crippen LogP) is 3.05. The van der Waals surface area contributed by atoms with Gasteiger partial charge in [0.05, 0.1) is 17.6 Å². The van der Waals surface area contributed by atoms with Gasteiger partial charge in [-0.2, -0.15) is 4.31 Å². The van der Waals surface area contributed by atoms with Crippen molar-refractivity contribution in [2.75, 3.05) is 38.6 Å². The molecule has 12 heteroatoms. The Morgan fingerprint density at radius 2 is 1.75 bits per heavy atom. The van der Waals surface area contributed by atoms with Gasteiger partial charge in [-0.05, 0) is 62.1 Å². The molecule has 1 aromatic carbocycles. The summed E-state index contributed by atoms with van der Waals surface area (Å²) in [4.78, 5) is 41.1. The number of nitrogens with one attached hydrogen (secondary N) is 2. The molecule has 2 aliphatic rings. The number of sulfonamides is 1. The van der Waals surface area contributed by atoms with Crippen molar-refractivity contribution in [1.29, 1.82) is 0 Å². The van der Waals surface area contributed by atoms with Crippen LogP contribution < -0.4 is 10.6 Å². The number of amides is 3. The Kier molecular flexibility index (Phi) is 8.08. The Hall–Kier alpha value is -2.80. The number of fused-ring (bicyclic) bond motifs is 1. The molecule has 1 fully saturated rings. The van der Waals surface area contributed by atoms with E-state index < -0.39 is 27.9 Å². The lowest BCUT2D eigenvalue weighted by molar-refractivity contribution is 0.0936. The number of benzene rings is 1. The molecule has 0 radical (unpaired) electrons. The maximum atomic E-state index is 13.1. The van der Waals surface area contributed by atoms with Crippen LogP contribution in [0.4, 0.5) is 9.80 Å². The number of methoxy groups -OCH3 is 1. The molecule has 2 aliphatic heterocycles. The lowest BCUT2D eigenvalue weighted by Crippen LogP contribution is -2.34. The summed E-state index contributed by atoms with van der Waals surface area (Å²) in [5, 5.41) is 5.34. The summed E-state index contributed by atoms with van der Waals surface area (Å²) < 4.78 is 31.5. The number of carbonyl (C=O) groups excluding carboxylic acids is 3. The third-order valence-corrected chi connectivity index (χ3v) is 9.40. The topological polar surface area (TPSA) is 125 Å². The van der Waals surface area contributed by atoms with E-state index in [1.165, 1.54) is 47.0 Å². The van der Waals surface area contributed by atoms with Gasteiger partial charge in [0.1, 0.15) is 5.00 Å². The third-order valence-electron chi connectivity index (χ3n) is 6.35. The maximum Gasteiger partial charge on any atom is 0.413 e. The summed E-state index contributed by atoms with van der Waals surface area (Å²) >= 11 is 1.31. The standard InChI is InChI=1S/C24H30N4O6S2/c1-3-11-27-14-10-18-19(15-27)35-23(20(18)22(30)26-24(31)34-2)25-21(29)16-6-8-17(9-7-16)36(32,33)28-12-4-5-13-28/h6-9H,3-5,10-15H2,1-2H3,(H,25,29)(H,26,30,31). The first-order valence-electron chi connectivity index (χ1n) is 11.9. The molecule has 2 aromatic rings. The lowest BCUT2D eigenvalue weighted by atomic mass is 10.0. The SMILES string of the molecule is CCCN1CCc2c(sc(NC(=O)c3ccc(S(=O)(=O)N4CCCC4)cc3)c2C(=O)NC(=O)OC)C1. The van der Waals surface area contributed by atoms with Crippen molar-refractivity contribution in [2.45, 2.75) is 44.0 Å². The van der Waals surface area contributed by atoms with Crippen LogP contribution in [0, 0.1) is 0 Å². The Morgan fingerprint density at radius 1 is 1.06 bits per heavy atom. The minimum absolute atomic E-state index is 0.140. The quantitative estimate of drug-likeness (QED) is 0.559. The summed E-state index contributed by atoms with van der Waals surface area (Å²) in [6, 6.07) is 5.77. The van der Waals surface area contributed by atoms with Crippen molar-refractivity contribution in [2.24, 2.45) is 0 Å². The van der Waals surface area contributed by atoms with Gasteiger partial charge in [0, 0.05) is 36.6 Å². The molecule has 0 spiro atoms. The summed E-state index contributed by atoms with van der Waals surface area (Å²) in [6.07, 6.45) is 2.42. The summed E-state index contributed by atoms with van der Waals surface area (Å²) in [6.45, 7) is 5.46. The van der Waals surface area contributed by atoms with Gasteiger partial charge in [-0.3, -0.25) is 19.8 Å². The summed E-state index contributed by atoms with van der Waals surface area (Å²) in [5.41, 5.74) is 1.34. The highest BCUT2D eigenvalue weighted by molar-refractivity contribution is 7.89. The molecule has 0 unspecified atom stereocenters. The highest BCUT2D eigenvalue weighted by Crippen LogP contribution is 2.37. The molecule has 3 amide bonds. The smallest absolute Gasteiger partial charge is 0.413 e. The van der Waals surface area contributed by atoms with Crippen LogP contribution in [0.1, 0.15) is 57.3 Å². The number of nitrogens with zero attached hydrogens (tertiary/aromatic N) is 2. The van der Waals surface area contributed by atoms with Gasteiger partial charge in [-0.1, -0.05) is 6.92 Å². The number of anilines is 1. The Bertz CT molecular complexity index is 1250. The molecule has 0 bridgehead atoms. The van der Waals surface area contributed by atoms with E-state index in [2.05, 4.69) is 27.2 Å². The van der Waals surface area contributed by atoms with Crippen LogP contribution in [0.25, 0.3) is 0 Å². The maximum absolute atomic E-state index is 13.1. The highest BCUT2D eigenvalue weighted by Gasteiger charge is 2.30. The van der Waals surface area contributed by atoms with E-state index in [0.29, 0.717) is 31.1 Å². The first-order chi connectivity index (χ1) is 17.2. The zero-order chi connectivity index (χ0) is 25.9. The zero-order valence-electron chi connectivity index (χ0n) is 20.3. The summed E-state index contributed by atoms with van der Waals surface area (Å²) in [7, 11) is -2.41. The molecule has 0 aliphatic carbocycles. The van der Waals surface area contributed by atoms with Crippen LogP contribution in [-0.4, -0.2) is 68.8 Å². The molecule has 0 saturated carbocycles. The molecular formula is C24H30N4O6S2. The van der Waals surface area contributed by atoms with Crippen LogP contribution in [0.3, 0.4) is 0 Å². The Morgan fingerprint density at radius 3 is 2.39 bits per heavy atom. The van der Waals surface area contributed by atoms with Gasteiger partial charge in [0.25, 0.3) is 11.8 Å². The van der Waals surface area contributed by atoms with Gasteiger partial charge < -0.3 is 10.1 Å². The van der Waals surface area contributed by atoms with E-state index in [4.69, 9.17) is 0 Å². The lowest BCUT2D eigenvalue weighted by Gasteiger charge is -2.26. The fourth-order valence-electron chi connectivity index (χ4n) is 4.53. The number of imide groups is 1. The third kappa shape index (κ3) is 5.46. The number of ether oxygens (including phenoxy) is 1. The van der Waals surface area contributed by atoms with Gasteiger partial charge >= 0.3 is 6.09 Å². The van der Waals surface area contributed by atoms with E-state index in [-0.39, 0.29) is 16.0 Å². The minimum Gasteiger partial charge on any atom is -0.453 e. The molecule has 1 saturated heterocycles. The van der Waals surface area contributed by atoms with Gasteiger partial charge in [-0.25, -0.2) is 13.2 Å². The molecule has 0 atom stereocenters. The number of carbonyl (C=O) groups is 3. The van der Waals surface area contributed by atoms with E-state index >= 15 is 0 Å². The number of alkyl carbamates (subject to hydrolysis) is 1. The number of rotatable bonds is 7. The Balaban J connectivity index is 1.58. The van der Waals surface area contributed by atoms with Crippen molar-refractivity contribution >= 4 is 44.3 Å². The predicted molar refractivity (Wildman–Crippen MR) is 136 cm³/mol. The largest absolute Gasteiger partial charge is 0.453 e. The second-order valence-electron chi connectivity index (χ2n) is 8.77. The minimum atomic E-state index is -3.58. The van der Waals surface area contributed by atoms with Crippen molar-refractivity contribution in [3.63, 3.8) is 0 Å². The van der Waals surface area contributed by atoms with Crippen LogP contribution in [-0.2, 0) is 27.7 Å². The summed E-state index contributed by atoms with van der Waals surface area (Å²) in [5.74, 6) is -1.11. The average Bonchev–Trinajstić information content (AvgIpc) is 3.52. The van der Waals surface area contributed by atoms with Crippen molar-refractivity contribution in [3.05, 3.63) is 45.8 Å². The number of thiophene rings is 1. The molecule has 194 valence electrons. The first kappa shape index (κ1) is 26.3. The van der Waals surface area contributed by atoms with Gasteiger partial charge in [0.2, 0.25) is 10.0 Å². The first-order valence-corrected chi connectivity index (χ1v) is 14.2. The molecule has 3 heterocycles. The zero-order valence-corrected chi connectivity index (χ0v) is 22.0. The van der Waals surface area contributed by atoms with Crippen molar-refractivity contribution < 1.29 is 27.5 Å². The monoisotopic (exact) mass is 534 g/mol. The molecule has 1 aromatic heterocycles. The van der Waals surface area contributed by atoms with Crippen LogP contribution >= 0.6 is 11.3 Å². The molecule has 4 rings (SSSR count).